The molecule has 0 saturated carbocycles. The Labute approximate surface area is 177 Å². The van der Waals surface area contributed by atoms with Crippen LogP contribution in [0, 0.1) is 19.8 Å². The number of carbonyl (C=O) groups is 2. The first-order chi connectivity index (χ1) is 14.2. The van der Waals surface area contributed by atoms with Crippen molar-refractivity contribution in [3.63, 3.8) is 0 Å². The molecule has 2 amide bonds. The molecule has 0 atom stereocenters. The molecule has 2 saturated heterocycles. The first-order valence-corrected chi connectivity index (χ1v) is 11.7. The molecule has 0 bridgehead atoms. The minimum absolute atomic E-state index is 0.0588. The van der Waals surface area contributed by atoms with Crippen LogP contribution in [0.3, 0.4) is 0 Å². The lowest BCUT2D eigenvalue weighted by Gasteiger charge is -2.36. The van der Waals surface area contributed by atoms with Crippen LogP contribution in [0.15, 0.2) is 9.42 Å². The van der Waals surface area contributed by atoms with E-state index in [0.717, 1.165) is 0 Å². The number of ether oxygens (including phenoxy) is 1. The van der Waals surface area contributed by atoms with Crippen molar-refractivity contribution in [3.05, 3.63) is 11.5 Å². The number of carbonyl (C=O) groups excluding carboxylic acids is 2. The van der Waals surface area contributed by atoms with Gasteiger partial charge in [0.1, 0.15) is 17.2 Å². The zero-order chi connectivity index (χ0) is 21.9. The Kier molecular flexibility index (Phi) is 7.14. The van der Waals surface area contributed by atoms with Crippen LogP contribution in [-0.4, -0.2) is 92.5 Å². The Morgan fingerprint density at radius 2 is 1.60 bits per heavy atom. The van der Waals surface area contributed by atoms with E-state index in [1.54, 1.807) is 23.6 Å². The topological polar surface area (TPSA) is 113 Å². The fourth-order valence-electron chi connectivity index (χ4n) is 4.12. The molecular formula is C19H30N4O6S. The van der Waals surface area contributed by atoms with E-state index < -0.39 is 10.0 Å². The lowest BCUT2D eigenvalue weighted by atomic mass is 9.94. The second kappa shape index (κ2) is 9.44. The van der Waals surface area contributed by atoms with E-state index in [2.05, 4.69) is 5.16 Å². The third-order valence-electron chi connectivity index (χ3n) is 5.86. The molecule has 11 heteroatoms. The number of hydrogen-bond donors (Lipinski definition) is 0. The van der Waals surface area contributed by atoms with Gasteiger partial charge in [-0.05, 0) is 32.6 Å². The number of aromatic nitrogens is 1. The first-order valence-electron chi connectivity index (χ1n) is 10.2. The van der Waals surface area contributed by atoms with Crippen molar-refractivity contribution < 1.29 is 27.3 Å². The quantitative estimate of drug-likeness (QED) is 0.627. The average Bonchev–Trinajstić information content (AvgIpc) is 3.07. The van der Waals surface area contributed by atoms with Crippen LogP contribution in [0.25, 0.3) is 0 Å². The van der Waals surface area contributed by atoms with Crippen molar-refractivity contribution in [3.8, 4) is 0 Å². The Morgan fingerprint density at radius 3 is 2.10 bits per heavy atom. The summed E-state index contributed by atoms with van der Waals surface area (Å²) in [7, 11) is -2.15. The summed E-state index contributed by atoms with van der Waals surface area (Å²) in [6.07, 6.45) is 1.69. The minimum atomic E-state index is -3.64. The standard InChI is InChI=1S/C19H30N4O6S/c1-14-19(15(2)29-20-14)30(26,27)23-6-4-16(5-7-23)12-17(24)21-8-10-22(11-9-21)18(25)13-28-3/h16H,4-13H2,1-3H3. The van der Waals surface area contributed by atoms with Crippen molar-refractivity contribution in [2.45, 2.75) is 38.0 Å². The molecule has 2 aliphatic rings. The number of nitrogens with zero attached hydrogens (tertiary/aromatic N) is 4. The third-order valence-corrected chi connectivity index (χ3v) is 8.00. The molecule has 0 radical (unpaired) electrons. The van der Waals surface area contributed by atoms with Gasteiger partial charge in [0.05, 0.1) is 0 Å². The van der Waals surface area contributed by atoms with E-state index in [1.807, 2.05) is 0 Å². The summed E-state index contributed by atoms with van der Waals surface area (Å²) in [6.45, 7) is 6.11. The molecule has 10 nitrogen and oxygen atoms in total. The van der Waals surface area contributed by atoms with Crippen LogP contribution in [0.4, 0.5) is 0 Å². The molecule has 0 N–H and O–H groups in total. The van der Waals surface area contributed by atoms with Crippen LogP contribution in [0.2, 0.25) is 0 Å². The van der Waals surface area contributed by atoms with Crippen LogP contribution in [-0.2, 0) is 24.3 Å². The van der Waals surface area contributed by atoms with Crippen molar-refractivity contribution in [2.75, 3.05) is 53.0 Å². The summed E-state index contributed by atoms with van der Waals surface area (Å²) in [6, 6.07) is 0. The molecule has 0 aliphatic carbocycles. The SMILES string of the molecule is COCC(=O)N1CCN(C(=O)CC2CCN(S(=O)(=O)c3c(C)noc3C)CC2)CC1. The summed E-state index contributed by atoms with van der Waals surface area (Å²) in [5.74, 6) is 0.465. The smallest absolute Gasteiger partial charge is 0.248 e. The highest BCUT2D eigenvalue weighted by Crippen LogP contribution is 2.29. The highest BCUT2D eigenvalue weighted by molar-refractivity contribution is 7.89. The first kappa shape index (κ1) is 22.7. The van der Waals surface area contributed by atoms with E-state index in [1.165, 1.54) is 11.4 Å². The molecule has 1 aromatic rings. The van der Waals surface area contributed by atoms with Gasteiger partial charge in [0.2, 0.25) is 21.8 Å². The maximum Gasteiger partial charge on any atom is 0.248 e. The zero-order valence-electron chi connectivity index (χ0n) is 17.8. The van der Waals surface area contributed by atoms with E-state index in [-0.39, 0.29) is 29.2 Å². The normalized spacial score (nSPS) is 19.3. The molecule has 0 aromatic carbocycles. The van der Waals surface area contributed by atoms with Crippen LogP contribution < -0.4 is 0 Å². The summed E-state index contributed by atoms with van der Waals surface area (Å²) in [4.78, 5) is 28.2. The van der Waals surface area contributed by atoms with E-state index in [0.29, 0.717) is 70.0 Å². The number of sulfonamides is 1. The molecular weight excluding hydrogens is 412 g/mol. The maximum atomic E-state index is 12.9. The fourth-order valence-corrected chi connectivity index (χ4v) is 5.88. The largest absolute Gasteiger partial charge is 0.375 e. The number of piperazine rings is 1. The summed E-state index contributed by atoms with van der Waals surface area (Å²) < 4.78 is 37.2. The summed E-state index contributed by atoms with van der Waals surface area (Å²) in [5, 5.41) is 3.75. The van der Waals surface area contributed by atoms with Gasteiger partial charge in [0.25, 0.3) is 0 Å². The van der Waals surface area contributed by atoms with E-state index in [4.69, 9.17) is 9.26 Å². The van der Waals surface area contributed by atoms with Gasteiger partial charge in [-0.1, -0.05) is 5.16 Å². The zero-order valence-corrected chi connectivity index (χ0v) is 18.6. The third kappa shape index (κ3) is 4.84. The van der Waals surface area contributed by atoms with Crippen molar-refractivity contribution in [1.29, 1.82) is 0 Å². The number of amides is 2. The predicted molar refractivity (Wildman–Crippen MR) is 107 cm³/mol. The fraction of sp³-hybridized carbons (Fsp3) is 0.737. The highest BCUT2D eigenvalue weighted by atomic mass is 32.2. The van der Waals surface area contributed by atoms with Gasteiger partial charge >= 0.3 is 0 Å². The highest BCUT2D eigenvalue weighted by Gasteiger charge is 2.35. The second-order valence-corrected chi connectivity index (χ2v) is 9.77. The van der Waals surface area contributed by atoms with E-state index in [9.17, 15) is 18.0 Å². The van der Waals surface area contributed by atoms with Gasteiger partial charge < -0.3 is 19.1 Å². The van der Waals surface area contributed by atoms with Gasteiger partial charge in [0.15, 0.2) is 5.76 Å². The Balaban J connectivity index is 1.48. The Bertz CT molecular complexity index is 848. The molecule has 1 aromatic heterocycles. The molecule has 3 heterocycles. The van der Waals surface area contributed by atoms with Crippen molar-refractivity contribution in [1.82, 2.24) is 19.3 Å². The molecule has 3 rings (SSSR count). The van der Waals surface area contributed by atoms with Gasteiger partial charge in [-0.15, -0.1) is 0 Å². The van der Waals surface area contributed by atoms with Gasteiger partial charge in [-0.2, -0.15) is 4.31 Å². The minimum Gasteiger partial charge on any atom is -0.375 e. The lowest BCUT2D eigenvalue weighted by molar-refractivity contribution is -0.142. The monoisotopic (exact) mass is 442 g/mol. The number of methoxy groups -OCH3 is 1. The lowest BCUT2D eigenvalue weighted by Crippen LogP contribution is -2.51. The van der Waals surface area contributed by atoms with Crippen LogP contribution >= 0.6 is 0 Å². The number of piperidine rings is 1. The predicted octanol–water partition coefficient (Wildman–Crippen LogP) is 0.399. The van der Waals surface area contributed by atoms with E-state index >= 15 is 0 Å². The van der Waals surface area contributed by atoms with Gasteiger partial charge in [0, 0.05) is 52.8 Å². The molecule has 2 fully saturated rings. The molecule has 30 heavy (non-hydrogen) atoms. The van der Waals surface area contributed by atoms with Crippen molar-refractivity contribution >= 4 is 21.8 Å². The summed E-state index contributed by atoms with van der Waals surface area (Å²) in [5.41, 5.74) is 0.368. The maximum absolute atomic E-state index is 12.9. The number of rotatable bonds is 6. The molecule has 0 spiro atoms. The molecule has 168 valence electrons. The second-order valence-electron chi connectivity index (χ2n) is 7.90. The number of aryl methyl sites for hydroxylation is 2. The number of hydrogen-bond acceptors (Lipinski definition) is 7. The average molecular weight is 443 g/mol. The molecule has 2 aliphatic heterocycles. The Morgan fingerprint density at radius 1 is 1.03 bits per heavy atom. The van der Waals surface area contributed by atoms with Crippen molar-refractivity contribution in [2.24, 2.45) is 5.92 Å². The summed E-state index contributed by atoms with van der Waals surface area (Å²) >= 11 is 0. The van der Waals surface area contributed by atoms with Gasteiger partial charge in [-0.3, -0.25) is 9.59 Å². The van der Waals surface area contributed by atoms with Crippen LogP contribution in [0.5, 0.6) is 0 Å². The molecule has 0 unspecified atom stereocenters. The Hall–Kier alpha value is -1.98. The van der Waals surface area contributed by atoms with Crippen LogP contribution in [0.1, 0.15) is 30.7 Å². The van der Waals surface area contributed by atoms with Gasteiger partial charge in [-0.25, -0.2) is 8.42 Å².